The quantitative estimate of drug-likeness (QED) is 0.226. The van der Waals surface area contributed by atoms with E-state index < -0.39 is 6.04 Å². The van der Waals surface area contributed by atoms with Crippen LogP contribution < -0.4 is 0 Å². The number of aromatic nitrogens is 4. The van der Waals surface area contributed by atoms with Gasteiger partial charge in [-0.05, 0) is 46.9 Å². The summed E-state index contributed by atoms with van der Waals surface area (Å²) in [6.07, 6.45) is 9.68. The van der Waals surface area contributed by atoms with Crippen molar-refractivity contribution in [3.05, 3.63) is 143 Å². The molecule has 0 unspecified atom stereocenters. The summed E-state index contributed by atoms with van der Waals surface area (Å²) >= 11 is 0. The molecule has 0 radical (unpaired) electrons. The Morgan fingerprint density at radius 2 is 1.68 bits per heavy atom. The lowest BCUT2D eigenvalue weighted by Gasteiger charge is -2.37. The molecule has 5 aromatic rings. The van der Waals surface area contributed by atoms with Crippen molar-refractivity contribution in [2.45, 2.75) is 32.0 Å². The van der Waals surface area contributed by atoms with Gasteiger partial charge in [-0.3, -0.25) is 14.3 Å². The average Bonchev–Trinajstić information content (AvgIpc) is 3.50. The van der Waals surface area contributed by atoms with Crippen molar-refractivity contribution >= 4 is 17.9 Å². The van der Waals surface area contributed by atoms with Crippen molar-refractivity contribution in [2.75, 3.05) is 6.54 Å². The summed E-state index contributed by atoms with van der Waals surface area (Å²) in [4.78, 5) is 32.1. The van der Waals surface area contributed by atoms with Gasteiger partial charge >= 0.3 is 0 Å². The van der Waals surface area contributed by atoms with Gasteiger partial charge in [0.25, 0.3) is 0 Å². The van der Waals surface area contributed by atoms with Crippen LogP contribution in [0.1, 0.15) is 27.8 Å². The molecule has 0 saturated heterocycles. The minimum absolute atomic E-state index is 0.0531. The molecule has 0 fully saturated rings. The zero-order valence-electron chi connectivity index (χ0n) is 24.7. The number of hydrogen-bond acceptors (Lipinski definition) is 5. The van der Waals surface area contributed by atoms with E-state index in [1.54, 1.807) is 34.1 Å². The monoisotopic (exact) mass is 582 g/mol. The Labute approximate surface area is 257 Å². The zero-order chi connectivity index (χ0) is 30.3. The van der Waals surface area contributed by atoms with Crippen molar-refractivity contribution in [2.24, 2.45) is 7.05 Å². The smallest absolute Gasteiger partial charge is 0.247 e. The van der Waals surface area contributed by atoms with E-state index in [1.807, 2.05) is 97.0 Å². The fourth-order valence-corrected chi connectivity index (χ4v) is 5.63. The van der Waals surface area contributed by atoms with E-state index in [-0.39, 0.29) is 18.4 Å². The van der Waals surface area contributed by atoms with Crippen LogP contribution in [0.25, 0.3) is 17.3 Å². The number of carbonyl (C=O) groups is 2. The molecule has 1 atom stereocenters. The van der Waals surface area contributed by atoms with Crippen LogP contribution >= 0.6 is 0 Å². The van der Waals surface area contributed by atoms with E-state index in [4.69, 9.17) is 0 Å². The predicted octanol–water partition coefficient (Wildman–Crippen LogP) is 5.12. The Hall–Kier alpha value is -5.37. The molecule has 220 valence electrons. The topological polar surface area (TPSA) is 84.2 Å². The number of amides is 2. The summed E-state index contributed by atoms with van der Waals surface area (Å²) in [5, 5.41) is 12.4. The highest BCUT2D eigenvalue weighted by atomic mass is 16.2. The Morgan fingerprint density at radius 3 is 2.41 bits per heavy atom. The molecule has 1 aliphatic rings. The third kappa shape index (κ3) is 6.81. The lowest BCUT2D eigenvalue weighted by atomic mass is 9.97. The third-order valence-electron chi connectivity index (χ3n) is 7.98. The van der Waals surface area contributed by atoms with E-state index in [2.05, 4.69) is 27.4 Å². The SMILES string of the molecule is Cn1cc(/C=C/C(=O)N(Cc2ccc(-c3cccnn3)cc2)[C@@H](Cc2ccccc2)C(=O)N2CCc3ccccc3C2)cn1. The molecule has 0 saturated carbocycles. The van der Waals surface area contributed by atoms with Gasteiger partial charge in [0.1, 0.15) is 6.04 Å². The first-order valence-corrected chi connectivity index (χ1v) is 14.8. The first-order chi connectivity index (χ1) is 21.5. The number of nitrogens with zero attached hydrogens (tertiary/aromatic N) is 6. The molecule has 3 heterocycles. The fourth-order valence-electron chi connectivity index (χ4n) is 5.63. The fraction of sp³-hybridized carbons (Fsp3) is 0.194. The zero-order valence-corrected chi connectivity index (χ0v) is 24.7. The Balaban J connectivity index is 1.34. The normalized spacial score (nSPS) is 13.4. The molecule has 44 heavy (non-hydrogen) atoms. The van der Waals surface area contributed by atoms with Crippen LogP contribution in [0, 0.1) is 0 Å². The van der Waals surface area contributed by atoms with Crippen LogP contribution in [0.3, 0.4) is 0 Å². The molecule has 2 aromatic heterocycles. The molecule has 0 aliphatic carbocycles. The van der Waals surface area contributed by atoms with Gasteiger partial charge in [-0.25, -0.2) is 0 Å². The van der Waals surface area contributed by atoms with Crippen LogP contribution in [0.5, 0.6) is 0 Å². The van der Waals surface area contributed by atoms with Crippen molar-refractivity contribution in [3.63, 3.8) is 0 Å². The second-order valence-corrected chi connectivity index (χ2v) is 11.0. The number of carbonyl (C=O) groups excluding carboxylic acids is 2. The molecule has 3 aromatic carbocycles. The summed E-state index contributed by atoms with van der Waals surface area (Å²) in [6, 6.07) is 29.1. The summed E-state index contributed by atoms with van der Waals surface area (Å²) in [6.45, 7) is 1.41. The van der Waals surface area contributed by atoms with E-state index in [0.717, 1.165) is 39.9 Å². The highest BCUT2D eigenvalue weighted by molar-refractivity contribution is 5.95. The lowest BCUT2D eigenvalue weighted by Crippen LogP contribution is -2.52. The molecular weight excluding hydrogens is 548 g/mol. The number of benzene rings is 3. The molecule has 0 spiro atoms. The maximum absolute atomic E-state index is 14.4. The first kappa shape index (κ1) is 28.7. The maximum atomic E-state index is 14.4. The molecule has 8 nitrogen and oxygen atoms in total. The number of fused-ring (bicyclic) bond motifs is 1. The van der Waals surface area contributed by atoms with Gasteiger partial charge in [0.2, 0.25) is 11.8 Å². The van der Waals surface area contributed by atoms with Crippen LogP contribution in [0.2, 0.25) is 0 Å². The Morgan fingerprint density at radius 1 is 0.909 bits per heavy atom. The van der Waals surface area contributed by atoms with Gasteiger partial charge in [-0.1, -0.05) is 78.9 Å². The summed E-state index contributed by atoms with van der Waals surface area (Å²) in [7, 11) is 1.83. The molecule has 8 heteroatoms. The summed E-state index contributed by atoms with van der Waals surface area (Å²) < 4.78 is 1.69. The molecule has 1 aliphatic heterocycles. The van der Waals surface area contributed by atoms with Gasteiger partial charge in [0, 0.05) is 62.7 Å². The highest BCUT2D eigenvalue weighted by Gasteiger charge is 2.34. The predicted molar refractivity (Wildman–Crippen MR) is 170 cm³/mol. The average molecular weight is 583 g/mol. The van der Waals surface area contributed by atoms with Crippen molar-refractivity contribution in [1.82, 2.24) is 29.8 Å². The van der Waals surface area contributed by atoms with Crippen molar-refractivity contribution in [3.8, 4) is 11.3 Å². The highest BCUT2D eigenvalue weighted by Crippen LogP contribution is 2.24. The molecule has 6 rings (SSSR count). The lowest BCUT2D eigenvalue weighted by molar-refractivity contribution is -0.144. The largest absolute Gasteiger partial charge is 0.336 e. The van der Waals surface area contributed by atoms with Crippen LogP contribution in [0.15, 0.2) is 116 Å². The first-order valence-electron chi connectivity index (χ1n) is 14.8. The van der Waals surface area contributed by atoms with Gasteiger partial charge < -0.3 is 9.80 Å². The molecule has 2 amide bonds. The van der Waals surface area contributed by atoms with Crippen molar-refractivity contribution < 1.29 is 9.59 Å². The standard InChI is InChI=1S/C36H34N6O2/c1-40-24-29(23-38-40)15-18-35(43)42(25-28-13-16-31(17-14-28)33-12-7-20-37-39-33)34(22-27-8-3-2-4-9-27)36(44)41-21-19-30-10-5-6-11-32(30)26-41/h2-18,20,23-24,34H,19,21-22,25-26H2,1H3/b18-15+/t34-/m0/s1. The Kier molecular flexibility index (Phi) is 8.68. The second kappa shape index (κ2) is 13.3. The summed E-state index contributed by atoms with van der Waals surface area (Å²) in [5.74, 6) is -0.291. The van der Waals surface area contributed by atoms with E-state index in [1.165, 1.54) is 5.56 Å². The minimum atomic E-state index is -0.701. The van der Waals surface area contributed by atoms with Crippen molar-refractivity contribution in [1.29, 1.82) is 0 Å². The second-order valence-electron chi connectivity index (χ2n) is 11.0. The molecule has 0 bridgehead atoms. The number of hydrogen-bond donors (Lipinski definition) is 0. The molecular formula is C36H34N6O2. The third-order valence-corrected chi connectivity index (χ3v) is 7.98. The van der Waals surface area contributed by atoms with Gasteiger partial charge in [0.05, 0.1) is 11.9 Å². The van der Waals surface area contributed by atoms with E-state index in [0.29, 0.717) is 19.5 Å². The van der Waals surface area contributed by atoms with Crippen LogP contribution in [0.4, 0.5) is 0 Å². The maximum Gasteiger partial charge on any atom is 0.247 e. The van der Waals surface area contributed by atoms with Gasteiger partial charge in [-0.15, -0.1) is 0 Å². The Bertz CT molecular complexity index is 1750. The van der Waals surface area contributed by atoms with Gasteiger partial charge in [-0.2, -0.15) is 15.3 Å². The van der Waals surface area contributed by atoms with Crippen LogP contribution in [-0.4, -0.2) is 54.2 Å². The van der Waals surface area contributed by atoms with Crippen LogP contribution in [-0.2, 0) is 42.6 Å². The molecule has 0 N–H and O–H groups in total. The minimum Gasteiger partial charge on any atom is -0.336 e. The number of aryl methyl sites for hydroxylation is 1. The van der Waals surface area contributed by atoms with E-state index in [9.17, 15) is 9.59 Å². The van der Waals surface area contributed by atoms with Gasteiger partial charge in [0.15, 0.2) is 0 Å². The summed E-state index contributed by atoms with van der Waals surface area (Å²) in [5.41, 5.74) is 6.85. The number of rotatable bonds is 9. The van der Waals surface area contributed by atoms with E-state index >= 15 is 0 Å².